The molecule has 10 aromatic rings. The molecule has 0 bridgehead atoms. The van der Waals surface area contributed by atoms with E-state index in [9.17, 15) is 0 Å². The minimum Gasteiger partial charge on any atom is -0.375 e. The van der Waals surface area contributed by atoms with Crippen LogP contribution in [-0.4, -0.2) is 6.85 Å². The van der Waals surface area contributed by atoms with E-state index in [2.05, 4.69) is 238 Å². The lowest BCUT2D eigenvalue weighted by Crippen LogP contribution is -2.63. The summed E-state index contributed by atoms with van der Waals surface area (Å²) < 4.78 is 2.66. The van der Waals surface area contributed by atoms with Gasteiger partial charge in [-0.15, -0.1) is 11.3 Å². The summed E-state index contributed by atoms with van der Waals surface area (Å²) >= 11 is 1.94. The Bertz CT molecular complexity index is 3630. The van der Waals surface area contributed by atoms with Crippen LogP contribution in [-0.2, 0) is 16.2 Å². The number of thiophene rings is 1. The zero-order valence-electron chi connectivity index (χ0n) is 37.9. The molecule has 0 amide bonds. The molecule has 2 nitrogen and oxygen atoms in total. The number of anilines is 5. The van der Waals surface area contributed by atoms with Crippen molar-refractivity contribution in [2.24, 2.45) is 0 Å². The number of hydrogen-bond donors (Lipinski definition) is 0. The second-order valence-electron chi connectivity index (χ2n) is 20.4. The number of benzene rings is 9. The van der Waals surface area contributed by atoms with Crippen LogP contribution >= 0.6 is 11.3 Å². The lowest BCUT2D eigenvalue weighted by Gasteiger charge is -2.52. The number of rotatable bonds is 3. The number of nitrogens with zero attached hydrogens (tertiary/aromatic N) is 2. The van der Waals surface area contributed by atoms with Crippen molar-refractivity contribution in [3.8, 4) is 22.3 Å². The van der Waals surface area contributed by atoms with Crippen LogP contribution < -0.4 is 20.6 Å². The standard InChI is InChI=1S/C62H47BN2S/c1-60(2,3)38-31-33-41(34-32-38)65-57-45(36-35-43-42-23-13-17-30-53(42)66-59(43)57)55-54-44-24-12-14-25-46(44)61(4,5)49(54)37-52-56(55)63(65)50-28-18-27-48-58(50)64(52)51-29-16-15-26-47(51)62(48,39-19-8-6-9-20-39)40-21-10-7-11-22-40/h6-37H,1-5H3. The zero-order chi connectivity index (χ0) is 44.3. The van der Waals surface area contributed by atoms with Crippen molar-refractivity contribution in [1.29, 1.82) is 0 Å². The first kappa shape index (κ1) is 38.2. The first-order chi connectivity index (χ1) is 32.2. The molecule has 0 fully saturated rings. The lowest BCUT2D eigenvalue weighted by atomic mass is 9.42. The van der Waals surface area contributed by atoms with Crippen LogP contribution in [0.1, 0.15) is 73.6 Å². The molecule has 0 N–H and O–H groups in total. The fourth-order valence-electron chi connectivity index (χ4n) is 12.8. The Balaban J connectivity index is 1.19. The van der Waals surface area contributed by atoms with E-state index in [1.54, 1.807) is 0 Å². The van der Waals surface area contributed by atoms with Crippen LogP contribution in [0.2, 0.25) is 0 Å². The molecular formula is C62H47BN2S. The van der Waals surface area contributed by atoms with Crippen molar-refractivity contribution in [1.82, 2.24) is 0 Å². The minimum absolute atomic E-state index is 0.0209. The monoisotopic (exact) mass is 862 g/mol. The molecule has 4 heteroatoms. The smallest absolute Gasteiger partial charge is 0.333 e. The molecule has 314 valence electrons. The Morgan fingerprint density at radius 2 is 1.15 bits per heavy atom. The van der Waals surface area contributed by atoms with Crippen molar-refractivity contribution >= 4 is 77.7 Å². The third kappa shape index (κ3) is 4.77. The number of para-hydroxylation sites is 2. The highest BCUT2D eigenvalue weighted by Crippen LogP contribution is 2.63. The molecule has 0 radical (unpaired) electrons. The van der Waals surface area contributed by atoms with Gasteiger partial charge in [0.15, 0.2) is 0 Å². The van der Waals surface area contributed by atoms with E-state index in [4.69, 9.17) is 0 Å². The molecule has 4 heterocycles. The summed E-state index contributed by atoms with van der Waals surface area (Å²) in [5.74, 6) is 0. The highest BCUT2D eigenvalue weighted by molar-refractivity contribution is 7.26. The van der Waals surface area contributed by atoms with Crippen LogP contribution in [0.15, 0.2) is 194 Å². The van der Waals surface area contributed by atoms with Gasteiger partial charge in [0, 0.05) is 43.5 Å². The Labute approximate surface area is 391 Å². The molecule has 0 saturated carbocycles. The normalized spacial score (nSPS) is 15.5. The third-order valence-electron chi connectivity index (χ3n) is 15.7. The van der Waals surface area contributed by atoms with Gasteiger partial charge < -0.3 is 9.71 Å². The SMILES string of the molecule is CC(C)(C)c1ccc(N2B3c4cccc5c4N(c4ccccc4C5(c4ccccc4)c4ccccc4)c4cc5c(c(c43)-c3ccc4c(sc6ccccc64)c32)-c2ccccc2C5(C)C)cc1. The predicted molar refractivity (Wildman–Crippen MR) is 281 cm³/mol. The van der Waals surface area contributed by atoms with Gasteiger partial charge in [0.2, 0.25) is 0 Å². The summed E-state index contributed by atoms with van der Waals surface area (Å²) in [5, 5.41) is 2.63. The number of hydrogen-bond acceptors (Lipinski definition) is 3. The van der Waals surface area contributed by atoms with Gasteiger partial charge in [-0.1, -0.05) is 198 Å². The summed E-state index contributed by atoms with van der Waals surface area (Å²) in [7, 11) is 0. The topological polar surface area (TPSA) is 6.48 Å². The molecule has 9 aromatic carbocycles. The summed E-state index contributed by atoms with van der Waals surface area (Å²) in [6, 6.07) is 74.3. The molecule has 0 unspecified atom stereocenters. The van der Waals surface area contributed by atoms with Crippen LogP contribution in [0.3, 0.4) is 0 Å². The van der Waals surface area contributed by atoms with Gasteiger partial charge in [-0.25, -0.2) is 0 Å². The number of fused-ring (bicyclic) bond motifs is 14. The highest BCUT2D eigenvalue weighted by Gasteiger charge is 2.55. The quantitative estimate of drug-likeness (QED) is 0.163. The molecule has 4 aliphatic rings. The Kier molecular flexibility index (Phi) is 7.66. The van der Waals surface area contributed by atoms with Gasteiger partial charge in [0.1, 0.15) is 0 Å². The molecule has 0 saturated heterocycles. The predicted octanol–water partition coefficient (Wildman–Crippen LogP) is 15.1. The van der Waals surface area contributed by atoms with Gasteiger partial charge in [-0.2, -0.15) is 0 Å². The maximum Gasteiger partial charge on any atom is 0.333 e. The fraction of sp³-hybridized carbons (Fsp3) is 0.129. The Morgan fingerprint density at radius 1 is 0.500 bits per heavy atom. The van der Waals surface area contributed by atoms with Gasteiger partial charge in [0.05, 0.1) is 21.5 Å². The summed E-state index contributed by atoms with van der Waals surface area (Å²) in [6.07, 6.45) is 0. The van der Waals surface area contributed by atoms with Crippen molar-refractivity contribution in [2.75, 3.05) is 9.71 Å². The van der Waals surface area contributed by atoms with Gasteiger partial charge in [-0.3, -0.25) is 0 Å². The first-order valence-corrected chi connectivity index (χ1v) is 24.3. The second-order valence-corrected chi connectivity index (χ2v) is 21.4. The van der Waals surface area contributed by atoms with Crippen molar-refractivity contribution < 1.29 is 0 Å². The maximum absolute atomic E-state index is 2.75. The largest absolute Gasteiger partial charge is 0.375 e. The molecule has 14 rings (SSSR count). The molecule has 1 aliphatic carbocycles. The molecule has 3 aliphatic heterocycles. The van der Waals surface area contributed by atoms with E-state index in [1.807, 2.05) is 11.3 Å². The van der Waals surface area contributed by atoms with Crippen molar-refractivity contribution in [3.05, 3.63) is 233 Å². The van der Waals surface area contributed by atoms with Gasteiger partial charge >= 0.3 is 6.85 Å². The lowest BCUT2D eigenvalue weighted by molar-refractivity contribution is 0.590. The van der Waals surface area contributed by atoms with E-state index >= 15 is 0 Å². The molecule has 0 atom stereocenters. The average molecular weight is 863 g/mol. The van der Waals surface area contributed by atoms with Crippen molar-refractivity contribution in [3.63, 3.8) is 0 Å². The van der Waals surface area contributed by atoms with E-state index in [0.717, 1.165) is 0 Å². The summed E-state index contributed by atoms with van der Waals surface area (Å²) in [4.78, 5) is 5.44. The van der Waals surface area contributed by atoms with Crippen LogP contribution in [0.25, 0.3) is 42.4 Å². The van der Waals surface area contributed by atoms with Crippen molar-refractivity contribution in [2.45, 2.75) is 50.9 Å². The Morgan fingerprint density at radius 3 is 1.89 bits per heavy atom. The average Bonchev–Trinajstić information content (AvgIpc) is 3.84. The van der Waals surface area contributed by atoms with E-state index < -0.39 is 5.41 Å². The second kappa shape index (κ2) is 13.2. The van der Waals surface area contributed by atoms with Gasteiger partial charge in [0.25, 0.3) is 0 Å². The molecule has 0 spiro atoms. The molecular weight excluding hydrogens is 816 g/mol. The van der Waals surface area contributed by atoms with Crippen LogP contribution in [0.4, 0.5) is 28.4 Å². The van der Waals surface area contributed by atoms with Crippen LogP contribution in [0, 0.1) is 0 Å². The summed E-state index contributed by atoms with van der Waals surface area (Å²) in [6.45, 7) is 11.7. The van der Waals surface area contributed by atoms with E-state index in [-0.39, 0.29) is 17.7 Å². The van der Waals surface area contributed by atoms with Crippen LogP contribution in [0.5, 0.6) is 0 Å². The van der Waals surface area contributed by atoms with Gasteiger partial charge in [-0.05, 0) is 102 Å². The highest BCUT2D eigenvalue weighted by atomic mass is 32.1. The van der Waals surface area contributed by atoms with E-state index in [0.29, 0.717) is 0 Å². The maximum atomic E-state index is 2.75. The third-order valence-corrected chi connectivity index (χ3v) is 16.8. The first-order valence-electron chi connectivity index (χ1n) is 23.5. The Hall–Kier alpha value is -7.14. The van der Waals surface area contributed by atoms with E-state index in [1.165, 1.54) is 121 Å². The molecule has 66 heavy (non-hydrogen) atoms. The molecule has 1 aromatic heterocycles. The zero-order valence-corrected chi connectivity index (χ0v) is 38.7. The minimum atomic E-state index is -0.585. The fourth-order valence-corrected chi connectivity index (χ4v) is 14.0. The summed E-state index contributed by atoms with van der Waals surface area (Å²) in [5.41, 5.74) is 22.9.